The van der Waals surface area contributed by atoms with Crippen LogP contribution in [0.3, 0.4) is 0 Å². The van der Waals surface area contributed by atoms with E-state index in [4.69, 9.17) is 0 Å². The van der Waals surface area contributed by atoms with Gasteiger partial charge in [-0.05, 0) is 48.0 Å². The van der Waals surface area contributed by atoms with E-state index in [1.54, 1.807) is 0 Å². The van der Waals surface area contributed by atoms with Crippen LogP contribution in [0.25, 0.3) is 0 Å². The van der Waals surface area contributed by atoms with Gasteiger partial charge in [0.25, 0.3) is 0 Å². The molecule has 0 aromatic heterocycles. The van der Waals surface area contributed by atoms with E-state index in [9.17, 15) is 0 Å². The summed E-state index contributed by atoms with van der Waals surface area (Å²) < 4.78 is 0. The van der Waals surface area contributed by atoms with Crippen LogP contribution < -0.4 is 0 Å². The molecule has 0 N–H and O–H groups in total. The standard InChI is InChI=1S/C20H22N2/c1-21(2)17-11-7-13-6-10-16-18(22(3)4)12-8-14-5-9-15(17)19(13)20(14)16/h5-12,17,20H,1-4H3/t17?,20-/m0/s1. The second-order valence-electron chi connectivity index (χ2n) is 6.76. The molecule has 0 amide bonds. The lowest BCUT2D eigenvalue weighted by Gasteiger charge is -2.41. The number of rotatable bonds is 2. The van der Waals surface area contributed by atoms with Gasteiger partial charge in [0, 0.05) is 25.7 Å². The Labute approximate surface area is 132 Å². The van der Waals surface area contributed by atoms with Crippen LogP contribution in [0.15, 0.2) is 82.2 Å². The topological polar surface area (TPSA) is 6.48 Å². The Morgan fingerprint density at radius 3 is 2.41 bits per heavy atom. The molecule has 0 aromatic carbocycles. The minimum absolute atomic E-state index is 0.373. The van der Waals surface area contributed by atoms with Crippen molar-refractivity contribution in [3.05, 3.63) is 82.2 Å². The molecule has 0 radical (unpaired) electrons. The predicted octanol–water partition coefficient (Wildman–Crippen LogP) is 3.22. The fraction of sp³-hybridized carbons (Fsp3) is 0.300. The summed E-state index contributed by atoms with van der Waals surface area (Å²) in [6.07, 6.45) is 18.3. The van der Waals surface area contributed by atoms with Gasteiger partial charge >= 0.3 is 0 Å². The van der Waals surface area contributed by atoms with Crippen LogP contribution in [-0.2, 0) is 0 Å². The second-order valence-corrected chi connectivity index (χ2v) is 6.76. The molecule has 0 fully saturated rings. The van der Waals surface area contributed by atoms with Crippen molar-refractivity contribution in [2.75, 3.05) is 28.2 Å². The minimum atomic E-state index is 0.373. The Hall–Kier alpha value is -2.06. The van der Waals surface area contributed by atoms with Gasteiger partial charge in [-0.25, -0.2) is 0 Å². The van der Waals surface area contributed by atoms with E-state index in [1.165, 1.54) is 33.6 Å². The number of hydrogen-bond donors (Lipinski definition) is 0. The highest BCUT2D eigenvalue weighted by molar-refractivity contribution is 5.69. The molecule has 0 saturated carbocycles. The molecule has 2 nitrogen and oxygen atoms in total. The summed E-state index contributed by atoms with van der Waals surface area (Å²) in [6.45, 7) is 0. The first-order valence-corrected chi connectivity index (χ1v) is 7.86. The Morgan fingerprint density at radius 2 is 1.68 bits per heavy atom. The number of allylic oxidation sites excluding steroid dienone is 10. The summed E-state index contributed by atoms with van der Waals surface area (Å²) >= 11 is 0. The van der Waals surface area contributed by atoms with Gasteiger partial charge in [-0.3, -0.25) is 4.90 Å². The van der Waals surface area contributed by atoms with Crippen molar-refractivity contribution >= 4 is 0 Å². The van der Waals surface area contributed by atoms with Crippen LogP contribution in [0.5, 0.6) is 0 Å². The number of nitrogens with zero attached hydrogens (tertiary/aromatic N) is 2. The maximum Gasteiger partial charge on any atom is 0.0532 e. The van der Waals surface area contributed by atoms with Crippen molar-refractivity contribution in [2.24, 2.45) is 5.92 Å². The summed E-state index contributed by atoms with van der Waals surface area (Å²) in [7, 11) is 8.56. The maximum atomic E-state index is 2.32. The van der Waals surface area contributed by atoms with E-state index in [1.807, 2.05) is 0 Å². The first kappa shape index (κ1) is 13.6. The van der Waals surface area contributed by atoms with Gasteiger partial charge in [0.2, 0.25) is 0 Å². The molecule has 2 atom stereocenters. The SMILES string of the molecule is CN(C)C1=C2C=CC3=C4C(=CC=C(C=C1)[C@@H]24)C(N(C)C)C=C3. The second kappa shape index (κ2) is 4.72. The van der Waals surface area contributed by atoms with Crippen molar-refractivity contribution in [1.82, 2.24) is 9.80 Å². The molecule has 0 aliphatic heterocycles. The molecule has 1 unspecified atom stereocenters. The lowest BCUT2D eigenvalue weighted by atomic mass is 9.67. The van der Waals surface area contributed by atoms with Gasteiger partial charge in [-0.15, -0.1) is 0 Å². The quantitative estimate of drug-likeness (QED) is 0.770. The summed E-state index contributed by atoms with van der Waals surface area (Å²) in [5, 5.41) is 0. The minimum Gasteiger partial charge on any atom is -0.377 e. The van der Waals surface area contributed by atoms with Crippen molar-refractivity contribution in [3.8, 4) is 0 Å². The molecule has 0 aromatic rings. The van der Waals surface area contributed by atoms with Crippen LogP contribution in [0.2, 0.25) is 0 Å². The van der Waals surface area contributed by atoms with E-state index in [0.717, 1.165) is 0 Å². The average molecular weight is 290 g/mol. The smallest absolute Gasteiger partial charge is 0.0532 e. The number of likely N-dealkylation sites (N-methyl/N-ethyl adjacent to an activating group) is 2. The normalized spacial score (nSPS) is 28.0. The summed E-state index contributed by atoms with van der Waals surface area (Å²) in [4.78, 5) is 4.51. The van der Waals surface area contributed by atoms with Crippen LogP contribution in [0.1, 0.15) is 0 Å². The zero-order valence-corrected chi connectivity index (χ0v) is 13.7. The van der Waals surface area contributed by atoms with Gasteiger partial charge < -0.3 is 4.90 Å². The van der Waals surface area contributed by atoms with Gasteiger partial charge in [-0.1, -0.05) is 42.5 Å². The third-order valence-electron chi connectivity index (χ3n) is 5.00. The Kier molecular flexibility index (Phi) is 2.92. The Bertz CT molecular complexity index is 749. The zero-order chi connectivity index (χ0) is 15.4. The first-order chi connectivity index (χ1) is 10.6. The fourth-order valence-electron chi connectivity index (χ4n) is 3.96. The van der Waals surface area contributed by atoms with Crippen LogP contribution in [0.4, 0.5) is 0 Å². The molecule has 0 bridgehead atoms. The van der Waals surface area contributed by atoms with Gasteiger partial charge in [0.15, 0.2) is 0 Å². The number of hydrogen-bond acceptors (Lipinski definition) is 2. The summed E-state index contributed by atoms with van der Waals surface area (Å²) in [5.41, 5.74) is 8.48. The van der Waals surface area contributed by atoms with Crippen molar-refractivity contribution in [1.29, 1.82) is 0 Å². The molecule has 4 aliphatic carbocycles. The molecule has 2 heteroatoms. The van der Waals surface area contributed by atoms with Crippen molar-refractivity contribution in [3.63, 3.8) is 0 Å². The Morgan fingerprint density at radius 1 is 0.864 bits per heavy atom. The molecule has 4 aliphatic rings. The molecule has 22 heavy (non-hydrogen) atoms. The zero-order valence-electron chi connectivity index (χ0n) is 13.7. The first-order valence-electron chi connectivity index (χ1n) is 7.86. The van der Waals surface area contributed by atoms with Crippen molar-refractivity contribution < 1.29 is 0 Å². The highest BCUT2D eigenvalue weighted by atomic mass is 15.1. The third-order valence-corrected chi connectivity index (χ3v) is 5.00. The summed E-state index contributed by atoms with van der Waals surface area (Å²) in [5.74, 6) is 0.398. The molecule has 0 saturated heterocycles. The molecular weight excluding hydrogens is 268 g/mol. The third kappa shape index (κ3) is 1.77. The molecule has 112 valence electrons. The molecular formula is C20H22N2. The lowest BCUT2D eigenvalue weighted by molar-refractivity contribution is 0.376. The predicted molar refractivity (Wildman–Crippen MR) is 92.3 cm³/mol. The Balaban J connectivity index is 1.93. The van der Waals surface area contributed by atoms with E-state index in [-0.39, 0.29) is 0 Å². The van der Waals surface area contributed by atoms with Gasteiger partial charge in [0.05, 0.1) is 6.04 Å². The molecule has 0 heterocycles. The van der Waals surface area contributed by atoms with Crippen LogP contribution in [-0.4, -0.2) is 44.0 Å². The molecule has 4 rings (SSSR count). The highest BCUT2D eigenvalue weighted by Gasteiger charge is 2.37. The summed E-state index contributed by atoms with van der Waals surface area (Å²) in [6, 6.07) is 0.373. The van der Waals surface area contributed by atoms with E-state index in [2.05, 4.69) is 86.6 Å². The molecule has 0 spiro atoms. The highest BCUT2D eigenvalue weighted by Crippen LogP contribution is 2.48. The lowest BCUT2D eigenvalue weighted by Crippen LogP contribution is -2.35. The van der Waals surface area contributed by atoms with Crippen molar-refractivity contribution in [2.45, 2.75) is 6.04 Å². The van der Waals surface area contributed by atoms with Gasteiger partial charge in [0.1, 0.15) is 0 Å². The van der Waals surface area contributed by atoms with E-state index in [0.29, 0.717) is 12.0 Å². The van der Waals surface area contributed by atoms with E-state index < -0.39 is 0 Å². The van der Waals surface area contributed by atoms with Crippen LogP contribution >= 0.6 is 0 Å². The maximum absolute atomic E-state index is 2.32. The monoisotopic (exact) mass is 290 g/mol. The largest absolute Gasteiger partial charge is 0.377 e. The fourth-order valence-corrected chi connectivity index (χ4v) is 3.96. The average Bonchev–Trinajstić information content (AvgIpc) is 2.51. The van der Waals surface area contributed by atoms with E-state index >= 15 is 0 Å². The van der Waals surface area contributed by atoms with Crippen LogP contribution in [0, 0.1) is 5.92 Å². The van der Waals surface area contributed by atoms with Gasteiger partial charge in [-0.2, -0.15) is 0 Å².